The Morgan fingerprint density at radius 3 is 3.18 bits per heavy atom. The van der Waals surface area contributed by atoms with Crippen molar-refractivity contribution in [1.29, 1.82) is 0 Å². The van der Waals surface area contributed by atoms with E-state index >= 15 is 0 Å². The number of morpholine rings is 1. The largest absolute Gasteiger partial charge is 0.495 e. The molecule has 1 unspecified atom stereocenters. The summed E-state index contributed by atoms with van der Waals surface area (Å²) in [5.41, 5.74) is 0.897. The molecule has 1 aromatic carbocycles. The second-order valence-corrected chi connectivity index (χ2v) is 4.36. The first-order valence-corrected chi connectivity index (χ1v) is 6.07. The van der Waals surface area contributed by atoms with Crippen LogP contribution in [0.1, 0.15) is 0 Å². The highest BCUT2D eigenvalue weighted by atomic mass is 35.5. The first-order chi connectivity index (χ1) is 8.29. The van der Waals surface area contributed by atoms with E-state index < -0.39 is 0 Å². The topological polar surface area (TPSA) is 42.5 Å². The van der Waals surface area contributed by atoms with Crippen LogP contribution in [0.15, 0.2) is 18.2 Å². The summed E-state index contributed by atoms with van der Waals surface area (Å²) in [6.07, 6.45) is 0.187. The molecule has 1 aliphatic rings. The van der Waals surface area contributed by atoms with Gasteiger partial charge in [-0.05, 0) is 18.2 Å². The van der Waals surface area contributed by atoms with Gasteiger partial charge in [0.15, 0.2) is 0 Å². The van der Waals surface area contributed by atoms with E-state index in [4.69, 9.17) is 21.1 Å². The molecule has 0 amide bonds. The van der Waals surface area contributed by atoms with Crippen molar-refractivity contribution in [2.24, 2.45) is 0 Å². The SMILES string of the molecule is COc1ccc(Cl)cc1NCC1CNCCO1. The Morgan fingerprint density at radius 2 is 2.47 bits per heavy atom. The van der Waals surface area contributed by atoms with E-state index in [1.54, 1.807) is 7.11 Å². The summed E-state index contributed by atoms with van der Waals surface area (Å²) >= 11 is 5.96. The highest BCUT2D eigenvalue weighted by Crippen LogP contribution is 2.27. The van der Waals surface area contributed by atoms with Crippen molar-refractivity contribution in [2.75, 3.05) is 38.7 Å². The van der Waals surface area contributed by atoms with Gasteiger partial charge in [0.25, 0.3) is 0 Å². The van der Waals surface area contributed by atoms with Crippen molar-refractivity contribution in [1.82, 2.24) is 5.32 Å². The molecular formula is C12H17ClN2O2. The first kappa shape index (κ1) is 12.5. The fourth-order valence-electron chi connectivity index (χ4n) is 1.79. The van der Waals surface area contributed by atoms with Crippen LogP contribution < -0.4 is 15.4 Å². The minimum atomic E-state index is 0.187. The van der Waals surface area contributed by atoms with E-state index in [0.29, 0.717) is 5.02 Å². The number of hydrogen-bond donors (Lipinski definition) is 2. The number of ether oxygens (including phenoxy) is 2. The number of hydrogen-bond acceptors (Lipinski definition) is 4. The number of benzene rings is 1. The lowest BCUT2D eigenvalue weighted by Gasteiger charge is -2.24. The van der Waals surface area contributed by atoms with Crippen molar-refractivity contribution >= 4 is 17.3 Å². The zero-order valence-corrected chi connectivity index (χ0v) is 10.6. The van der Waals surface area contributed by atoms with Gasteiger partial charge in [-0.25, -0.2) is 0 Å². The van der Waals surface area contributed by atoms with Crippen LogP contribution in [0, 0.1) is 0 Å². The average Bonchev–Trinajstić information content (AvgIpc) is 2.38. The Bertz CT molecular complexity index is 368. The van der Waals surface area contributed by atoms with E-state index in [-0.39, 0.29) is 6.10 Å². The second-order valence-electron chi connectivity index (χ2n) is 3.92. The minimum Gasteiger partial charge on any atom is -0.495 e. The number of halogens is 1. The van der Waals surface area contributed by atoms with Crippen LogP contribution in [0.25, 0.3) is 0 Å². The molecule has 1 aliphatic heterocycles. The van der Waals surface area contributed by atoms with E-state index in [2.05, 4.69) is 10.6 Å². The van der Waals surface area contributed by atoms with Crippen LogP contribution in [0.2, 0.25) is 5.02 Å². The van der Waals surface area contributed by atoms with E-state index in [1.807, 2.05) is 18.2 Å². The third-order valence-corrected chi connectivity index (χ3v) is 2.92. The van der Waals surface area contributed by atoms with E-state index in [9.17, 15) is 0 Å². The van der Waals surface area contributed by atoms with E-state index in [0.717, 1.165) is 37.7 Å². The molecule has 1 saturated heterocycles. The molecule has 94 valence electrons. The van der Waals surface area contributed by atoms with Crippen molar-refractivity contribution in [3.8, 4) is 5.75 Å². The van der Waals surface area contributed by atoms with Gasteiger partial charge in [0.05, 0.1) is 25.5 Å². The summed E-state index contributed by atoms with van der Waals surface area (Å²) in [6.45, 7) is 3.30. The van der Waals surface area contributed by atoms with Crippen molar-refractivity contribution in [3.63, 3.8) is 0 Å². The van der Waals surface area contributed by atoms with Gasteiger partial charge >= 0.3 is 0 Å². The number of nitrogens with one attached hydrogen (secondary N) is 2. The van der Waals surface area contributed by atoms with Gasteiger partial charge in [-0.1, -0.05) is 11.6 Å². The quantitative estimate of drug-likeness (QED) is 0.861. The highest BCUT2D eigenvalue weighted by molar-refractivity contribution is 6.30. The molecule has 1 fully saturated rings. The molecule has 0 bridgehead atoms. The molecule has 0 saturated carbocycles. The summed E-state index contributed by atoms with van der Waals surface area (Å²) in [4.78, 5) is 0. The predicted molar refractivity (Wildman–Crippen MR) is 69.1 cm³/mol. The smallest absolute Gasteiger partial charge is 0.142 e. The summed E-state index contributed by atoms with van der Waals surface area (Å²) in [5, 5.41) is 7.28. The van der Waals surface area contributed by atoms with E-state index in [1.165, 1.54) is 0 Å². The minimum absolute atomic E-state index is 0.187. The van der Waals surface area contributed by atoms with Gasteiger partial charge < -0.3 is 20.1 Å². The maximum absolute atomic E-state index is 5.96. The summed E-state index contributed by atoms with van der Waals surface area (Å²) in [6, 6.07) is 5.52. The average molecular weight is 257 g/mol. The molecule has 2 rings (SSSR count). The number of methoxy groups -OCH3 is 1. The Morgan fingerprint density at radius 1 is 1.59 bits per heavy atom. The fraction of sp³-hybridized carbons (Fsp3) is 0.500. The van der Waals surface area contributed by atoms with Crippen molar-refractivity contribution in [3.05, 3.63) is 23.2 Å². The summed E-state index contributed by atoms with van der Waals surface area (Å²) in [7, 11) is 1.65. The van der Waals surface area contributed by atoms with Gasteiger partial charge in [-0.15, -0.1) is 0 Å². The highest BCUT2D eigenvalue weighted by Gasteiger charge is 2.13. The molecule has 1 aromatic rings. The summed E-state index contributed by atoms with van der Waals surface area (Å²) < 4.78 is 10.9. The molecule has 2 N–H and O–H groups in total. The van der Waals surface area contributed by atoms with Gasteiger partial charge in [-0.3, -0.25) is 0 Å². The molecule has 0 spiro atoms. The van der Waals surface area contributed by atoms with Crippen molar-refractivity contribution in [2.45, 2.75) is 6.10 Å². The van der Waals surface area contributed by atoms with Crippen LogP contribution >= 0.6 is 11.6 Å². The Labute approximate surface area is 106 Å². The zero-order chi connectivity index (χ0) is 12.1. The fourth-order valence-corrected chi connectivity index (χ4v) is 1.97. The molecule has 0 radical (unpaired) electrons. The summed E-state index contributed by atoms with van der Waals surface area (Å²) in [5.74, 6) is 0.790. The maximum Gasteiger partial charge on any atom is 0.142 e. The van der Waals surface area contributed by atoms with Crippen LogP contribution in [-0.2, 0) is 4.74 Å². The first-order valence-electron chi connectivity index (χ1n) is 5.69. The molecule has 4 nitrogen and oxygen atoms in total. The number of anilines is 1. The normalized spacial score (nSPS) is 20.0. The molecule has 17 heavy (non-hydrogen) atoms. The monoisotopic (exact) mass is 256 g/mol. The lowest BCUT2D eigenvalue weighted by molar-refractivity contribution is 0.0372. The Hall–Kier alpha value is -0.970. The Balaban J connectivity index is 1.95. The second kappa shape index (κ2) is 6.10. The lowest BCUT2D eigenvalue weighted by atomic mass is 10.2. The molecule has 0 aromatic heterocycles. The van der Waals surface area contributed by atoms with Gasteiger partial charge in [0, 0.05) is 24.7 Å². The zero-order valence-electron chi connectivity index (χ0n) is 9.83. The van der Waals surface area contributed by atoms with Gasteiger partial charge in [-0.2, -0.15) is 0 Å². The van der Waals surface area contributed by atoms with Crippen LogP contribution in [0.4, 0.5) is 5.69 Å². The predicted octanol–water partition coefficient (Wildman–Crippen LogP) is 1.75. The van der Waals surface area contributed by atoms with Crippen LogP contribution in [0.5, 0.6) is 5.75 Å². The molecule has 0 aliphatic carbocycles. The number of rotatable bonds is 4. The van der Waals surface area contributed by atoms with Gasteiger partial charge in [0.2, 0.25) is 0 Å². The Kier molecular flexibility index (Phi) is 4.48. The molecule has 1 atom stereocenters. The standard InChI is InChI=1S/C12H17ClN2O2/c1-16-12-3-2-9(13)6-11(12)15-8-10-7-14-4-5-17-10/h2-3,6,10,14-15H,4-5,7-8H2,1H3. The lowest BCUT2D eigenvalue weighted by Crippen LogP contribution is -2.42. The maximum atomic E-state index is 5.96. The van der Waals surface area contributed by atoms with Gasteiger partial charge in [0.1, 0.15) is 5.75 Å². The van der Waals surface area contributed by atoms with Crippen LogP contribution in [0.3, 0.4) is 0 Å². The molecule has 5 heteroatoms. The third kappa shape index (κ3) is 3.49. The molecular weight excluding hydrogens is 240 g/mol. The van der Waals surface area contributed by atoms with Crippen LogP contribution in [-0.4, -0.2) is 39.5 Å². The third-order valence-electron chi connectivity index (χ3n) is 2.69. The van der Waals surface area contributed by atoms with Crippen molar-refractivity contribution < 1.29 is 9.47 Å². The molecule has 1 heterocycles.